The van der Waals surface area contributed by atoms with Crippen LogP contribution in [0.15, 0.2) is 4.79 Å². The molecule has 6 heteroatoms. The van der Waals surface area contributed by atoms with Gasteiger partial charge < -0.3 is 14.8 Å². The van der Waals surface area contributed by atoms with Crippen molar-refractivity contribution in [2.45, 2.75) is 26.4 Å². The van der Waals surface area contributed by atoms with Crippen LogP contribution >= 0.6 is 0 Å². The van der Waals surface area contributed by atoms with E-state index < -0.39 is 0 Å². The highest BCUT2D eigenvalue weighted by Gasteiger charge is 2.23. The average molecular weight is 267 g/mol. The van der Waals surface area contributed by atoms with E-state index in [1.165, 1.54) is 0 Å². The largest absolute Gasteiger partial charge is 0.396 e. The maximum Gasteiger partial charge on any atom is 0.254 e. The minimum absolute atomic E-state index is 0.0471. The molecule has 1 atom stereocenters. The maximum absolute atomic E-state index is 12.0. The van der Waals surface area contributed by atoms with Gasteiger partial charge in [-0.2, -0.15) is 0 Å². The van der Waals surface area contributed by atoms with Crippen LogP contribution in [0.2, 0.25) is 0 Å². The van der Waals surface area contributed by atoms with E-state index in [0.717, 1.165) is 19.6 Å². The van der Waals surface area contributed by atoms with E-state index in [1.54, 1.807) is 6.92 Å². The summed E-state index contributed by atoms with van der Waals surface area (Å²) in [6, 6.07) is 0. The van der Waals surface area contributed by atoms with Gasteiger partial charge in [-0.15, -0.1) is 0 Å². The molecule has 0 bridgehead atoms. The van der Waals surface area contributed by atoms with E-state index in [0.29, 0.717) is 30.1 Å². The zero-order chi connectivity index (χ0) is 13.8. The predicted molar refractivity (Wildman–Crippen MR) is 71.2 cm³/mol. The first-order chi connectivity index (χ1) is 9.15. The van der Waals surface area contributed by atoms with Crippen molar-refractivity contribution in [1.82, 2.24) is 14.9 Å². The topological polar surface area (TPSA) is 78.5 Å². The number of aromatic amines is 1. The summed E-state index contributed by atoms with van der Waals surface area (Å²) < 4.78 is 5.68. The third kappa shape index (κ3) is 3.20. The van der Waals surface area contributed by atoms with Crippen molar-refractivity contribution in [2.24, 2.45) is 0 Å². The highest BCUT2D eigenvalue weighted by molar-refractivity contribution is 5.17. The lowest BCUT2D eigenvalue weighted by Gasteiger charge is -2.31. The van der Waals surface area contributed by atoms with Crippen LogP contribution in [0.3, 0.4) is 0 Å². The second kappa shape index (κ2) is 6.27. The molecule has 1 aromatic rings. The summed E-state index contributed by atoms with van der Waals surface area (Å²) in [7, 11) is 0. The van der Waals surface area contributed by atoms with Gasteiger partial charge in [0.05, 0.1) is 6.61 Å². The Bertz CT molecular complexity index is 487. The number of hydrogen-bond acceptors (Lipinski definition) is 5. The van der Waals surface area contributed by atoms with Gasteiger partial charge in [0, 0.05) is 37.4 Å². The first-order valence-corrected chi connectivity index (χ1v) is 6.70. The van der Waals surface area contributed by atoms with Crippen LogP contribution in [0.1, 0.15) is 30.1 Å². The van der Waals surface area contributed by atoms with Crippen molar-refractivity contribution in [3.63, 3.8) is 0 Å². The summed E-state index contributed by atoms with van der Waals surface area (Å²) in [5.41, 5.74) is 1.05. The summed E-state index contributed by atoms with van der Waals surface area (Å²) in [5.74, 6) is 0.585. The Hall–Kier alpha value is -1.24. The van der Waals surface area contributed by atoms with E-state index in [4.69, 9.17) is 9.84 Å². The van der Waals surface area contributed by atoms with E-state index in [-0.39, 0.29) is 18.3 Å². The molecular formula is C13H21N3O3. The number of hydrogen-bond donors (Lipinski definition) is 2. The van der Waals surface area contributed by atoms with Gasteiger partial charge in [0.25, 0.3) is 5.56 Å². The maximum atomic E-state index is 12.0. The molecule has 2 rings (SSSR count). The Labute approximate surface area is 112 Å². The molecule has 2 N–H and O–H groups in total. The number of nitrogens with one attached hydrogen (secondary N) is 1. The third-order valence-electron chi connectivity index (χ3n) is 3.51. The lowest BCUT2D eigenvalue weighted by Crippen LogP contribution is -2.39. The number of rotatable bonds is 4. The molecule has 0 saturated carbocycles. The second-order valence-electron chi connectivity index (χ2n) is 4.74. The molecule has 6 nitrogen and oxygen atoms in total. The number of aromatic nitrogens is 2. The van der Waals surface area contributed by atoms with Crippen molar-refractivity contribution < 1.29 is 9.84 Å². The molecule has 1 aliphatic heterocycles. The molecule has 0 aromatic carbocycles. The van der Waals surface area contributed by atoms with Gasteiger partial charge in [-0.1, -0.05) is 6.92 Å². The van der Waals surface area contributed by atoms with Crippen LogP contribution in [0.5, 0.6) is 0 Å². The summed E-state index contributed by atoms with van der Waals surface area (Å²) in [6.07, 6.45) is 0.157. The Morgan fingerprint density at radius 3 is 3.00 bits per heavy atom. The van der Waals surface area contributed by atoms with E-state index in [1.807, 2.05) is 0 Å². The molecule has 106 valence electrons. The minimum Gasteiger partial charge on any atom is -0.396 e. The first kappa shape index (κ1) is 14.2. The third-order valence-corrected chi connectivity index (χ3v) is 3.51. The highest BCUT2D eigenvalue weighted by Crippen LogP contribution is 2.18. The Morgan fingerprint density at radius 2 is 2.37 bits per heavy atom. The number of aryl methyl sites for hydroxylation is 1. The molecule has 1 aromatic heterocycles. The number of aliphatic hydroxyl groups is 1. The monoisotopic (exact) mass is 267 g/mol. The molecular weight excluding hydrogens is 246 g/mol. The Balaban J connectivity index is 2.23. The van der Waals surface area contributed by atoms with Crippen LogP contribution in [0, 0.1) is 6.92 Å². The minimum atomic E-state index is -0.178. The van der Waals surface area contributed by atoms with Crippen LogP contribution in [-0.4, -0.2) is 52.8 Å². The van der Waals surface area contributed by atoms with Gasteiger partial charge in [0.1, 0.15) is 11.9 Å². The Morgan fingerprint density at radius 1 is 1.58 bits per heavy atom. The first-order valence-electron chi connectivity index (χ1n) is 6.70. The number of aliphatic hydroxyl groups excluding tert-OH is 1. The van der Waals surface area contributed by atoms with Crippen molar-refractivity contribution in [1.29, 1.82) is 0 Å². The van der Waals surface area contributed by atoms with Crippen LogP contribution in [-0.2, 0) is 11.2 Å². The molecule has 19 heavy (non-hydrogen) atoms. The van der Waals surface area contributed by atoms with Gasteiger partial charge in [0.2, 0.25) is 0 Å². The fraction of sp³-hybridized carbons (Fsp3) is 0.692. The second-order valence-corrected chi connectivity index (χ2v) is 4.74. The van der Waals surface area contributed by atoms with E-state index in [9.17, 15) is 4.79 Å². The van der Waals surface area contributed by atoms with Gasteiger partial charge in [-0.25, -0.2) is 4.98 Å². The van der Waals surface area contributed by atoms with E-state index >= 15 is 0 Å². The lowest BCUT2D eigenvalue weighted by atomic mass is 10.1. The average Bonchev–Trinajstić information content (AvgIpc) is 2.42. The zero-order valence-electron chi connectivity index (χ0n) is 11.5. The summed E-state index contributed by atoms with van der Waals surface area (Å²) in [4.78, 5) is 21.5. The Kier molecular flexibility index (Phi) is 4.68. The SMILES string of the molecule is CCN1CCOC(c2nc(C)c(CCO)c(=O)[nH]2)C1. The van der Waals surface area contributed by atoms with Crippen LogP contribution < -0.4 is 5.56 Å². The number of nitrogens with zero attached hydrogens (tertiary/aromatic N) is 2. The molecule has 0 aliphatic carbocycles. The highest BCUT2D eigenvalue weighted by atomic mass is 16.5. The molecule has 0 spiro atoms. The molecule has 1 saturated heterocycles. The van der Waals surface area contributed by atoms with Crippen LogP contribution in [0.25, 0.3) is 0 Å². The summed E-state index contributed by atoms with van der Waals surface area (Å²) >= 11 is 0. The van der Waals surface area contributed by atoms with Gasteiger partial charge in [-0.05, 0) is 13.5 Å². The smallest absolute Gasteiger partial charge is 0.254 e. The zero-order valence-corrected chi connectivity index (χ0v) is 11.5. The molecule has 2 heterocycles. The fourth-order valence-corrected chi connectivity index (χ4v) is 2.35. The van der Waals surface area contributed by atoms with Crippen molar-refractivity contribution in [3.8, 4) is 0 Å². The number of likely N-dealkylation sites (N-methyl/N-ethyl adjacent to an activating group) is 1. The quantitative estimate of drug-likeness (QED) is 0.803. The predicted octanol–water partition coefficient (Wildman–Crippen LogP) is 0.00632. The summed E-state index contributed by atoms with van der Waals surface area (Å²) in [6.45, 7) is 7.13. The van der Waals surface area contributed by atoms with Gasteiger partial charge in [0.15, 0.2) is 0 Å². The molecule has 0 amide bonds. The van der Waals surface area contributed by atoms with Crippen molar-refractivity contribution >= 4 is 0 Å². The summed E-state index contributed by atoms with van der Waals surface area (Å²) in [5, 5.41) is 8.94. The van der Waals surface area contributed by atoms with Crippen LogP contribution in [0.4, 0.5) is 0 Å². The van der Waals surface area contributed by atoms with Gasteiger partial charge in [-0.3, -0.25) is 9.69 Å². The molecule has 1 unspecified atom stereocenters. The molecule has 1 aliphatic rings. The van der Waals surface area contributed by atoms with Gasteiger partial charge >= 0.3 is 0 Å². The standard InChI is InChI=1S/C13H21N3O3/c1-3-16-5-7-19-11(8-16)12-14-9(2)10(4-6-17)13(18)15-12/h11,17H,3-8H2,1-2H3,(H,14,15,18). The molecule has 0 radical (unpaired) electrons. The molecule has 1 fully saturated rings. The normalized spacial score (nSPS) is 20.7. The number of morpholine rings is 1. The van der Waals surface area contributed by atoms with E-state index in [2.05, 4.69) is 21.8 Å². The number of H-pyrrole nitrogens is 1. The van der Waals surface area contributed by atoms with Crippen molar-refractivity contribution in [3.05, 3.63) is 27.4 Å². The number of ether oxygens (including phenoxy) is 1. The fourth-order valence-electron chi connectivity index (χ4n) is 2.35. The lowest BCUT2D eigenvalue weighted by molar-refractivity contribution is -0.0327. The van der Waals surface area contributed by atoms with Crippen molar-refractivity contribution in [2.75, 3.05) is 32.8 Å².